The van der Waals surface area contributed by atoms with Crippen molar-refractivity contribution >= 4 is 0 Å². The third-order valence-electron chi connectivity index (χ3n) is 3.85. The Morgan fingerprint density at radius 2 is 2.00 bits per heavy atom. The number of ether oxygens (including phenoxy) is 4. The quantitative estimate of drug-likeness (QED) is 0.780. The lowest BCUT2D eigenvalue weighted by atomic mass is 9.97. The molecule has 1 heterocycles. The maximum Gasteiger partial charge on any atom is 0.184 e. The van der Waals surface area contributed by atoms with Gasteiger partial charge in [0, 0.05) is 20.6 Å². The van der Waals surface area contributed by atoms with E-state index in [1.54, 1.807) is 14.2 Å². The van der Waals surface area contributed by atoms with Gasteiger partial charge in [-0.2, -0.15) is 0 Å². The van der Waals surface area contributed by atoms with Crippen molar-refractivity contribution in [2.45, 2.75) is 43.7 Å². The van der Waals surface area contributed by atoms with E-state index in [2.05, 4.69) is 6.58 Å². The van der Waals surface area contributed by atoms with Crippen molar-refractivity contribution in [1.82, 2.24) is 0 Å². The van der Waals surface area contributed by atoms with Gasteiger partial charge in [-0.1, -0.05) is 36.4 Å². The van der Waals surface area contributed by atoms with Crippen LogP contribution in [0.4, 0.5) is 0 Å². The first-order chi connectivity index (χ1) is 10.7. The Hall–Kier alpha value is -1.24. The van der Waals surface area contributed by atoms with Crippen LogP contribution in [0.5, 0.6) is 0 Å². The van der Waals surface area contributed by atoms with Gasteiger partial charge in [-0.05, 0) is 5.56 Å². The highest BCUT2D eigenvalue weighted by atomic mass is 16.7. The lowest BCUT2D eigenvalue weighted by Crippen LogP contribution is -2.53. The molecule has 1 saturated heterocycles. The second-order valence-corrected chi connectivity index (χ2v) is 5.28. The summed E-state index contributed by atoms with van der Waals surface area (Å²) >= 11 is 0. The van der Waals surface area contributed by atoms with Crippen LogP contribution >= 0.6 is 0 Å². The van der Waals surface area contributed by atoms with Crippen LogP contribution in [-0.4, -0.2) is 50.0 Å². The predicted molar refractivity (Wildman–Crippen MR) is 82.3 cm³/mol. The van der Waals surface area contributed by atoms with Crippen molar-refractivity contribution < 1.29 is 24.1 Å². The Kier molecular flexibility index (Phi) is 6.54. The van der Waals surface area contributed by atoms with Gasteiger partial charge in [-0.3, -0.25) is 0 Å². The highest BCUT2D eigenvalue weighted by Gasteiger charge is 2.41. The van der Waals surface area contributed by atoms with Crippen LogP contribution in [0, 0.1) is 0 Å². The first kappa shape index (κ1) is 17.1. The minimum absolute atomic E-state index is 0.237. The largest absolute Gasteiger partial charge is 0.386 e. The smallest absolute Gasteiger partial charge is 0.184 e. The molecule has 122 valence electrons. The van der Waals surface area contributed by atoms with Gasteiger partial charge in [0.2, 0.25) is 0 Å². The van der Waals surface area contributed by atoms with Gasteiger partial charge in [0.1, 0.15) is 18.3 Å². The molecule has 5 atom stereocenters. The maximum absolute atomic E-state index is 10.1. The molecule has 2 rings (SSSR count). The Balaban J connectivity index is 2.05. The van der Waals surface area contributed by atoms with Crippen LogP contribution in [0.25, 0.3) is 0 Å². The van der Waals surface area contributed by atoms with Crippen molar-refractivity contribution in [2.24, 2.45) is 0 Å². The molecule has 1 aromatic carbocycles. The van der Waals surface area contributed by atoms with E-state index in [0.717, 1.165) is 5.56 Å². The maximum atomic E-state index is 10.1. The molecular formula is C17H24O5. The number of methoxy groups -OCH3 is 2. The summed E-state index contributed by atoms with van der Waals surface area (Å²) < 4.78 is 22.4. The van der Waals surface area contributed by atoms with E-state index in [9.17, 15) is 5.11 Å². The van der Waals surface area contributed by atoms with Crippen molar-refractivity contribution in [1.29, 1.82) is 0 Å². The highest BCUT2D eigenvalue weighted by molar-refractivity contribution is 5.13. The van der Waals surface area contributed by atoms with Crippen molar-refractivity contribution in [2.75, 3.05) is 14.2 Å². The topological polar surface area (TPSA) is 57.2 Å². The molecule has 5 heteroatoms. The molecule has 5 nitrogen and oxygen atoms in total. The second kappa shape index (κ2) is 8.41. The van der Waals surface area contributed by atoms with Gasteiger partial charge in [0.15, 0.2) is 6.29 Å². The predicted octanol–water partition coefficient (Wildman–Crippen LogP) is 1.90. The number of benzene rings is 1. The normalized spacial score (nSPS) is 30.0. The molecule has 0 aliphatic carbocycles. The van der Waals surface area contributed by atoms with Gasteiger partial charge in [-0.25, -0.2) is 0 Å². The average molecular weight is 308 g/mol. The fourth-order valence-corrected chi connectivity index (χ4v) is 2.59. The van der Waals surface area contributed by atoms with Crippen LogP contribution in [-0.2, 0) is 25.6 Å². The van der Waals surface area contributed by atoms with Crippen LogP contribution in [0.3, 0.4) is 0 Å². The molecule has 0 saturated carbocycles. The minimum Gasteiger partial charge on any atom is -0.386 e. The SMILES string of the molecule is C=C[C@@H](O)[C@H]1O[C@H](OC)[C@H](OC)C[C@@H]1OCc1ccccc1. The fourth-order valence-electron chi connectivity index (χ4n) is 2.59. The number of rotatable bonds is 7. The molecule has 0 aromatic heterocycles. The van der Waals surface area contributed by atoms with Crippen LogP contribution in [0.2, 0.25) is 0 Å². The lowest BCUT2D eigenvalue weighted by molar-refractivity contribution is -0.281. The summed E-state index contributed by atoms with van der Waals surface area (Å²) in [7, 11) is 3.16. The van der Waals surface area contributed by atoms with Crippen LogP contribution < -0.4 is 0 Å². The molecule has 0 unspecified atom stereocenters. The van der Waals surface area contributed by atoms with E-state index >= 15 is 0 Å². The minimum atomic E-state index is -0.823. The molecule has 1 aliphatic rings. The molecule has 1 fully saturated rings. The molecule has 22 heavy (non-hydrogen) atoms. The summed E-state index contributed by atoms with van der Waals surface area (Å²) in [5, 5.41) is 10.1. The van der Waals surface area contributed by atoms with Crippen LogP contribution in [0.15, 0.2) is 43.0 Å². The summed E-state index contributed by atoms with van der Waals surface area (Å²) in [6, 6.07) is 9.88. The van der Waals surface area contributed by atoms with Gasteiger partial charge < -0.3 is 24.1 Å². The second-order valence-electron chi connectivity index (χ2n) is 5.28. The van der Waals surface area contributed by atoms with E-state index in [1.165, 1.54) is 6.08 Å². The third kappa shape index (κ3) is 4.15. The van der Waals surface area contributed by atoms with Gasteiger partial charge in [0.25, 0.3) is 0 Å². The molecule has 1 aromatic rings. The average Bonchev–Trinajstić information content (AvgIpc) is 2.59. The fraction of sp³-hybridized carbons (Fsp3) is 0.529. The number of aliphatic hydroxyl groups excluding tert-OH is 1. The molecule has 0 amide bonds. The summed E-state index contributed by atoms with van der Waals surface area (Å²) in [5.74, 6) is 0. The monoisotopic (exact) mass is 308 g/mol. The Morgan fingerprint density at radius 3 is 2.59 bits per heavy atom. The zero-order chi connectivity index (χ0) is 15.9. The first-order valence-electron chi connectivity index (χ1n) is 7.36. The lowest BCUT2D eigenvalue weighted by Gasteiger charge is -2.41. The van der Waals surface area contributed by atoms with Crippen LogP contribution in [0.1, 0.15) is 12.0 Å². The van der Waals surface area contributed by atoms with E-state index in [-0.39, 0.29) is 12.2 Å². The van der Waals surface area contributed by atoms with E-state index < -0.39 is 18.5 Å². The van der Waals surface area contributed by atoms with Gasteiger partial charge >= 0.3 is 0 Å². The standard InChI is InChI=1S/C17H24O5/c1-4-13(18)16-14(10-15(19-2)17(20-3)22-16)21-11-12-8-6-5-7-9-12/h4-9,13-18H,1,10-11H2,2-3H3/t13-,14+,15-,16-,17+/m1/s1. The van der Waals surface area contributed by atoms with Crippen molar-refractivity contribution in [3.05, 3.63) is 48.6 Å². The van der Waals surface area contributed by atoms with E-state index in [0.29, 0.717) is 13.0 Å². The summed E-state index contributed by atoms with van der Waals surface area (Å²) in [4.78, 5) is 0. The summed E-state index contributed by atoms with van der Waals surface area (Å²) in [6.07, 6.45) is -0.389. The Morgan fingerprint density at radius 1 is 1.27 bits per heavy atom. The van der Waals surface area contributed by atoms with Gasteiger partial charge in [0.05, 0.1) is 12.7 Å². The molecule has 0 spiro atoms. The number of aliphatic hydroxyl groups is 1. The van der Waals surface area contributed by atoms with Crippen molar-refractivity contribution in [3.8, 4) is 0 Å². The van der Waals surface area contributed by atoms with E-state index in [1.807, 2.05) is 30.3 Å². The molecular weight excluding hydrogens is 284 g/mol. The van der Waals surface area contributed by atoms with Gasteiger partial charge in [-0.15, -0.1) is 6.58 Å². The molecule has 0 radical (unpaired) electrons. The Bertz CT molecular complexity index is 450. The summed E-state index contributed by atoms with van der Waals surface area (Å²) in [6.45, 7) is 4.07. The Labute approximate surface area is 131 Å². The molecule has 1 N–H and O–H groups in total. The first-order valence-corrected chi connectivity index (χ1v) is 7.36. The van der Waals surface area contributed by atoms with E-state index in [4.69, 9.17) is 18.9 Å². The highest BCUT2D eigenvalue weighted by Crippen LogP contribution is 2.28. The summed E-state index contributed by atoms with van der Waals surface area (Å²) in [5.41, 5.74) is 1.07. The zero-order valence-corrected chi connectivity index (χ0v) is 13.1. The molecule has 1 aliphatic heterocycles. The number of hydrogen-bond acceptors (Lipinski definition) is 5. The van der Waals surface area contributed by atoms with Crippen molar-refractivity contribution in [3.63, 3.8) is 0 Å². The molecule has 0 bridgehead atoms. The third-order valence-corrected chi connectivity index (χ3v) is 3.85. The zero-order valence-electron chi connectivity index (χ0n) is 13.1. The number of hydrogen-bond donors (Lipinski definition) is 1.